The van der Waals surface area contributed by atoms with Crippen molar-refractivity contribution in [1.29, 1.82) is 0 Å². The molecule has 0 aliphatic carbocycles. The minimum Gasteiger partial charge on any atom is -0.412 e. The predicted octanol–water partition coefficient (Wildman–Crippen LogP) is 6.32. The average Bonchev–Trinajstić information content (AvgIpc) is 2.48. The molecule has 1 aliphatic heterocycles. The van der Waals surface area contributed by atoms with Crippen molar-refractivity contribution in [1.82, 2.24) is 0 Å². The molecule has 0 amide bonds. The first kappa shape index (κ1) is 19.1. The van der Waals surface area contributed by atoms with Gasteiger partial charge in [-0.05, 0) is 97.8 Å². The monoisotopic (exact) mass is 651 g/mol. The fourth-order valence-corrected chi connectivity index (χ4v) is 6.40. The van der Waals surface area contributed by atoms with Gasteiger partial charge in [-0.3, -0.25) is 0 Å². The van der Waals surface area contributed by atoms with E-state index in [1.54, 1.807) is 0 Å². The topological polar surface area (TPSA) is 43.5 Å². The third kappa shape index (κ3) is 3.14. The van der Waals surface area contributed by atoms with E-state index in [9.17, 15) is 0 Å². The van der Waals surface area contributed by atoms with Crippen LogP contribution in [0, 0.1) is 17.6 Å². The molecule has 0 atom stereocenters. The first-order valence-corrected chi connectivity index (χ1v) is 10.7. The Balaban J connectivity index is 0.00000176. The van der Waals surface area contributed by atoms with E-state index in [2.05, 4.69) is 112 Å². The molecule has 0 saturated carbocycles. The quantitative estimate of drug-likeness (QED) is 0.248. The minimum absolute atomic E-state index is 0. The molecule has 0 bridgehead atoms. The Bertz CT molecular complexity index is 747. The van der Waals surface area contributed by atoms with Crippen LogP contribution in [0.4, 0.5) is 11.4 Å². The van der Waals surface area contributed by atoms with Crippen molar-refractivity contribution < 1.29 is 5.48 Å². The molecule has 0 radical (unpaired) electrons. The number of hydrogen-bond acceptors (Lipinski definition) is 2. The van der Waals surface area contributed by atoms with Gasteiger partial charge in [0.15, 0.2) is 0 Å². The zero-order chi connectivity index (χ0) is 15.3. The number of fused-ring (bicyclic) bond motifs is 2. The molecule has 0 aromatic heterocycles. The normalized spacial score (nSPS) is 12.3. The van der Waals surface area contributed by atoms with Gasteiger partial charge in [-0.2, -0.15) is 0 Å². The largest absolute Gasteiger partial charge is 0.412 e. The van der Waals surface area contributed by atoms with Crippen molar-refractivity contribution in [2.45, 2.75) is 36.5 Å². The Morgan fingerprint density at radius 3 is 2.32 bits per heavy atom. The molecular formula is C16H16I3NOS. The van der Waals surface area contributed by atoms with Gasteiger partial charge < -0.3 is 10.8 Å². The Morgan fingerprint density at radius 1 is 1.00 bits per heavy atom. The third-order valence-electron chi connectivity index (χ3n) is 3.66. The van der Waals surface area contributed by atoms with E-state index in [1.165, 1.54) is 43.0 Å². The lowest BCUT2D eigenvalue weighted by Gasteiger charge is -2.28. The second-order valence-electron chi connectivity index (χ2n) is 5.37. The lowest BCUT2D eigenvalue weighted by atomic mass is 10.0. The van der Waals surface area contributed by atoms with Crippen LogP contribution in [0.5, 0.6) is 0 Å². The molecule has 0 saturated heterocycles. The number of rotatable bonds is 1. The van der Waals surface area contributed by atoms with Crippen molar-refractivity contribution in [2.24, 2.45) is 0 Å². The second kappa shape index (κ2) is 7.32. The van der Waals surface area contributed by atoms with Crippen molar-refractivity contribution >= 4 is 90.9 Å². The van der Waals surface area contributed by atoms with Crippen LogP contribution in [-0.2, 0) is 0 Å². The summed E-state index contributed by atoms with van der Waals surface area (Å²) in [5.74, 6) is 0.525. The number of nitrogens with one attached hydrogen (secondary N) is 1. The predicted molar refractivity (Wildman–Crippen MR) is 121 cm³/mol. The van der Waals surface area contributed by atoms with Crippen LogP contribution >= 0.6 is 79.5 Å². The van der Waals surface area contributed by atoms with Crippen molar-refractivity contribution in [3.05, 3.63) is 40.0 Å². The summed E-state index contributed by atoms with van der Waals surface area (Å²) in [5, 5.41) is 3.73. The molecule has 2 aromatic rings. The Morgan fingerprint density at radius 2 is 1.68 bits per heavy atom. The van der Waals surface area contributed by atoms with E-state index in [0.29, 0.717) is 5.92 Å². The van der Waals surface area contributed by atoms with E-state index in [4.69, 9.17) is 0 Å². The van der Waals surface area contributed by atoms with Gasteiger partial charge in [0.2, 0.25) is 0 Å². The van der Waals surface area contributed by atoms with Gasteiger partial charge in [0, 0.05) is 15.6 Å². The van der Waals surface area contributed by atoms with E-state index >= 15 is 0 Å². The molecule has 2 nitrogen and oxygen atoms in total. The van der Waals surface area contributed by atoms with Gasteiger partial charge in [0.05, 0.1) is 16.3 Å². The van der Waals surface area contributed by atoms with Gasteiger partial charge in [0.1, 0.15) is 0 Å². The van der Waals surface area contributed by atoms with Crippen LogP contribution in [0.3, 0.4) is 0 Å². The molecule has 1 aliphatic rings. The molecule has 1 heterocycles. The Labute approximate surface area is 176 Å². The second-order valence-corrected chi connectivity index (χ2v) is 9.66. The molecule has 2 aromatic carbocycles. The van der Waals surface area contributed by atoms with Gasteiger partial charge in [-0.15, -0.1) is 0 Å². The smallest absolute Gasteiger partial charge is 0.0578 e. The van der Waals surface area contributed by atoms with E-state index in [-0.39, 0.29) is 5.48 Å². The number of hydrogen-bond donors (Lipinski definition) is 1. The summed E-state index contributed by atoms with van der Waals surface area (Å²) in [7, 11) is 0. The fourth-order valence-electron chi connectivity index (χ4n) is 2.48. The molecule has 3 N–H and O–H groups in total. The summed E-state index contributed by atoms with van der Waals surface area (Å²) in [6, 6.07) is 6.63. The lowest BCUT2D eigenvalue weighted by Crippen LogP contribution is -2.09. The van der Waals surface area contributed by atoms with E-state index in [0.717, 1.165) is 0 Å². The van der Waals surface area contributed by atoms with Crippen molar-refractivity contribution in [3.63, 3.8) is 0 Å². The van der Waals surface area contributed by atoms with E-state index < -0.39 is 0 Å². The Kier molecular flexibility index (Phi) is 6.35. The van der Waals surface area contributed by atoms with Crippen LogP contribution in [0.2, 0.25) is 0 Å². The highest BCUT2D eigenvalue weighted by atomic mass is 127. The van der Waals surface area contributed by atoms with Gasteiger partial charge in [0.25, 0.3) is 0 Å². The Hall–Kier alpha value is 0.740. The summed E-state index contributed by atoms with van der Waals surface area (Å²) in [6.07, 6.45) is 0. The maximum Gasteiger partial charge on any atom is 0.0578 e. The van der Waals surface area contributed by atoms with Crippen LogP contribution in [0.25, 0.3) is 0 Å². The zero-order valence-electron chi connectivity index (χ0n) is 12.4. The van der Waals surface area contributed by atoms with Crippen LogP contribution < -0.4 is 5.32 Å². The highest BCUT2D eigenvalue weighted by molar-refractivity contribution is 14.1. The van der Waals surface area contributed by atoms with Crippen LogP contribution in [0.1, 0.15) is 30.9 Å². The van der Waals surface area contributed by atoms with Gasteiger partial charge >= 0.3 is 0 Å². The molecular weight excluding hydrogens is 635 g/mol. The summed E-state index contributed by atoms with van der Waals surface area (Å²) >= 11 is 9.30. The maximum absolute atomic E-state index is 3.73. The molecule has 6 heteroatoms. The summed E-state index contributed by atoms with van der Waals surface area (Å²) in [5.41, 5.74) is 5.33. The first-order valence-electron chi connectivity index (χ1n) is 6.66. The highest BCUT2D eigenvalue weighted by Crippen LogP contribution is 2.51. The maximum atomic E-state index is 3.73. The fraction of sp³-hybridized carbons (Fsp3) is 0.250. The summed E-state index contributed by atoms with van der Waals surface area (Å²) < 4.78 is 4.08. The van der Waals surface area contributed by atoms with Crippen molar-refractivity contribution in [3.8, 4) is 0 Å². The molecule has 22 heavy (non-hydrogen) atoms. The van der Waals surface area contributed by atoms with E-state index in [1.807, 2.05) is 11.8 Å². The van der Waals surface area contributed by atoms with Crippen LogP contribution in [-0.4, -0.2) is 5.48 Å². The number of anilines is 2. The standard InChI is InChI=1S/C16H14I3NS.H2O/c1-7(2)9-5-4-6-10-15(9)20-14-8(3)11(17)12(18)13(19)16(14)21-10;/h4-7,20H,1-3H3;1H2. The zero-order valence-corrected chi connectivity index (χ0v) is 19.6. The molecule has 3 rings (SSSR count). The highest BCUT2D eigenvalue weighted by Gasteiger charge is 2.25. The summed E-state index contributed by atoms with van der Waals surface area (Å²) in [4.78, 5) is 2.70. The minimum atomic E-state index is 0. The molecule has 0 fully saturated rings. The lowest BCUT2D eigenvalue weighted by molar-refractivity contribution is 0.824. The third-order valence-corrected chi connectivity index (χ3v) is 10.8. The SMILES string of the molecule is Cc1c(I)c(I)c(I)c2c1Nc1c(cccc1C(C)C)S2.O. The number of benzene rings is 2. The first-order chi connectivity index (χ1) is 9.91. The van der Waals surface area contributed by atoms with Gasteiger partial charge in [-0.1, -0.05) is 37.7 Å². The summed E-state index contributed by atoms with van der Waals surface area (Å²) in [6.45, 7) is 6.73. The van der Waals surface area contributed by atoms with Crippen LogP contribution in [0.15, 0.2) is 28.0 Å². The van der Waals surface area contributed by atoms with Crippen molar-refractivity contribution in [2.75, 3.05) is 5.32 Å². The molecule has 0 spiro atoms. The van der Waals surface area contributed by atoms with Gasteiger partial charge in [-0.25, -0.2) is 0 Å². The average molecular weight is 651 g/mol. The molecule has 0 unspecified atom stereocenters. The number of para-hydroxylation sites is 1. The number of halogens is 3. The molecule has 118 valence electrons.